The van der Waals surface area contributed by atoms with Crippen LogP contribution < -0.4 is 10.5 Å². The van der Waals surface area contributed by atoms with Crippen LogP contribution in [0.25, 0.3) is 0 Å². The molecule has 1 aromatic rings. The topological polar surface area (TPSA) is 92.9 Å². The van der Waals surface area contributed by atoms with Gasteiger partial charge in [0, 0.05) is 32.6 Å². The first-order valence-electron chi connectivity index (χ1n) is 10.1. The molecule has 1 aliphatic carbocycles. The Kier molecular flexibility index (Phi) is 6.90. The predicted molar refractivity (Wildman–Crippen MR) is 105 cm³/mol. The molecule has 0 aromatic heterocycles. The first-order chi connectivity index (χ1) is 13.5. The smallest absolute Gasteiger partial charge is 0.257 e. The zero-order valence-corrected chi connectivity index (χ0v) is 16.3. The van der Waals surface area contributed by atoms with Crippen LogP contribution >= 0.6 is 0 Å². The molecule has 0 bridgehead atoms. The summed E-state index contributed by atoms with van der Waals surface area (Å²) in [6.07, 6.45) is 6.18. The lowest BCUT2D eigenvalue weighted by atomic mass is 10.0. The fourth-order valence-corrected chi connectivity index (χ4v) is 4.05. The van der Waals surface area contributed by atoms with Crippen LogP contribution in [0.2, 0.25) is 0 Å². The number of hydrogen-bond donors (Lipinski definition) is 1. The van der Waals surface area contributed by atoms with E-state index in [4.69, 9.17) is 10.5 Å². The van der Waals surface area contributed by atoms with Crippen LogP contribution in [0.3, 0.4) is 0 Å². The number of nitrogens with two attached hydrogens (primary N) is 1. The molecule has 1 aliphatic heterocycles. The minimum absolute atomic E-state index is 0.148. The van der Waals surface area contributed by atoms with Crippen molar-refractivity contribution < 1.29 is 19.1 Å². The van der Waals surface area contributed by atoms with Crippen molar-refractivity contribution in [3.8, 4) is 5.75 Å². The second-order valence-electron chi connectivity index (χ2n) is 7.63. The molecule has 0 atom stereocenters. The number of nitrogens with zero attached hydrogens (tertiary/aromatic N) is 2. The van der Waals surface area contributed by atoms with E-state index in [1.165, 1.54) is 12.8 Å². The van der Waals surface area contributed by atoms with Crippen molar-refractivity contribution in [1.29, 1.82) is 0 Å². The Hall–Kier alpha value is -2.57. The highest BCUT2D eigenvalue weighted by molar-refractivity contribution is 5.97. The normalized spacial score (nSPS) is 18.0. The van der Waals surface area contributed by atoms with Crippen molar-refractivity contribution in [2.45, 2.75) is 38.5 Å². The summed E-state index contributed by atoms with van der Waals surface area (Å²) in [6.45, 7) is 2.07. The van der Waals surface area contributed by atoms with E-state index >= 15 is 0 Å². The molecule has 3 rings (SSSR count). The van der Waals surface area contributed by atoms with E-state index in [2.05, 4.69) is 0 Å². The Bertz CT molecular complexity index is 715. The van der Waals surface area contributed by atoms with Gasteiger partial charge in [-0.05, 0) is 37.3 Å². The van der Waals surface area contributed by atoms with Crippen LogP contribution in [-0.2, 0) is 9.59 Å². The van der Waals surface area contributed by atoms with Gasteiger partial charge >= 0.3 is 0 Å². The third-order valence-corrected chi connectivity index (χ3v) is 5.56. The van der Waals surface area contributed by atoms with Crippen LogP contribution in [-0.4, -0.2) is 60.3 Å². The summed E-state index contributed by atoms with van der Waals surface area (Å²) in [5.74, 6) is 0.359. The number of hydrogen-bond acceptors (Lipinski definition) is 4. The summed E-state index contributed by atoms with van der Waals surface area (Å²) in [4.78, 5) is 40.3. The monoisotopic (exact) mass is 387 g/mol. The molecule has 7 heteroatoms. The minimum atomic E-state index is -0.589. The standard InChI is InChI=1S/C21H29N3O4/c22-19(25)15-28-18-9-4-3-8-17(18)21(27)24-11-5-10-23(12-13-24)20(26)14-16-6-1-2-7-16/h3-4,8-9,16H,1-2,5-7,10-15H2,(H2,22,25). The zero-order valence-electron chi connectivity index (χ0n) is 16.3. The average molecular weight is 387 g/mol. The van der Waals surface area contributed by atoms with Gasteiger partial charge in [-0.25, -0.2) is 0 Å². The highest BCUT2D eigenvalue weighted by atomic mass is 16.5. The Morgan fingerprint density at radius 3 is 2.39 bits per heavy atom. The first-order valence-corrected chi connectivity index (χ1v) is 10.1. The molecule has 7 nitrogen and oxygen atoms in total. The zero-order chi connectivity index (χ0) is 19.9. The Morgan fingerprint density at radius 1 is 0.964 bits per heavy atom. The predicted octanol–water partition coefficient (Wildman–Crippen LogP) is 1.81. The van der Waals surface area contributed by atoms with Crippen LogP contribution in [0, 0.1) is 5.92 Å². The van der Waals surface area contributed by atoms with E-state index in [0.29, 0.717) is 49.8 Å². The number of primary amides is 1. The summed E-state index contributed by atoms with van der Waals surface area (Å²) >= 11 is 0. The number of carbonyl (C=O) groups excluding carboxylic acids is 3. The van der Waals surface area contributed by atoms with E-state index in [-0.39, 0.29) is 18.4 Å². The van der Waals surface area contributed by atoms with Crippen molar-refractivity contribution in [3.05, 3.63) is 29.8 Å². The number of benzene rings is 1. The molecule has 1 saturated carbocycles. The molecule has 1 saturated heterocycles. The second-order valence-corrected chi connectivity index (χ2v) is 7.63. The van der Waals surface area contributed by atoms with Crippen molar-refractivity contribution in [1.82, 2.24) is 9.80 Å². The van der Waals surface area contributed by atoms with Crippen LogP contribution in [0.5, 0.6) is 5.75 Å². The highest BCUT2D eigenvalue weighted by Crippen LogP contribution is 2.28. The fourth-order valence-electron chi connectivity index (χ4n) is 4.05. The lowest BCUT2D eigenvalue weighted by Gasteiger charge is -2.24. The summed E-state index contributed by atoms with van der Waals surface area (Å²) in [6, 6.07) is 6.86. The molecule has 152 valence electrons. The third kappa shape index (κ3) is 5.24. The largest absolute Gasteiger partial charge is 0.483 e. The van der Waals surface area contributed by atoms with Gasteiger partial charge in [0.15, 0.2) is 6.61 Å². The summed E-state index contributed by atoms with van der Waals surface area (Å²) in [5.41, 5.74) is 5.55. The molecule has 3 amide bonds. The van der Waals surface area contributed by atoms with E-state index in [1.807, 2.05) is 4.90 Å². The van der Waals surface area contributed by atoms with Crippen molar-refractivity contribution in [2.75, 3.05) is 32.8 Å². The van der Waals surface area contributed by atoms with Gasteiger partial charge in [0.1, 0.15) is 5.75 Å². The first kappa shape index (κ1) is 20.2. The van der Waals surface area contributed by atoms with Gasteiger partial charge in [-0.1, -0.05) is 25.0 Å². The maximum Gasteiger partial charge on any atom is 0.257 e. The number of para-hydroxylation sites is 1. The van der Waals surface area contributed by atoms with Crippen LogP contribution in [0.4, 0.5) is 0 Å². The number of ether oxygens (including phenoxy) is 1. The van der Waals surface area contributed by atoms with Crippen LogP contribution in [0.15, 0.2) is 24.3 Å². The Morgan fingerprint density at radius 2 is 1.64 bits per heavy atom. The van der Waals surface area contributed by atoms with Gasteiger partial charge in [-0.2, -0.15) is 0 Å². The molecule has 2 N–H and O–H groups in total. The van der Waals surface area contributed by atoms with Crippen molar-refractivity contribution in [3.63, 3.8) is 0 Å². The second kappa shape index (κ2) is 9.57. The maximum absolute atomic E-state index is 13.0. The fraction of sp³-hybridized carbons (Fsp3) is 0.571. The quantitative estimate of drug-likeness (QED) is 0.806. The van der Waals surface area contributed by atoms with Gasteiger partial charge in [0.05, 0.1) is 5.56 Å². The molecule has 0 radical (unpaired) electrons. The molecular formula is C21H29N3O4. The van der Waals surface area contributed by atoms with Gasteiger partial charge in [0.2, 0.25) is 5.91 Å². The van der Waals surface area contributed by atoms with Crippen molar-refractivity contribution >= 4 is 17.7 Å². The molecule has 0 spiro atoms. The SMILES string of the molecule is NC(=O)COc1ccccc1C(=O)N1CCCN(C(=O)CC2CCCC2)CC1. The molecule has 28 heavy (non-hydrogen) atoms. The van der Waals surface area contributed by atoms with Crippen LogP contribution in [0.1, 0.15) is 48.9 Å². The van der Waals surface area contributed by atoms with Gasteiger partial charge < -0.3 is 20.3 Å². The number of amides is 3. The Labute approximate surface area is 165 Å². The molecule has 2 aliphatic rings. The highest BCUT2D eigenvalue weighted by Gasteiger charge is 2.26. The van der Waals surface area contributed by atoms with Gasteiger partial charge in [-0.3, -0.25) is 14.4 Å². The van der Waals surface area contributed by atoms with E-state index in [9.17, 15) is 14.4 Å². The molecule has 1 aromatic carbocycles. The van der Waals surface area contributed by atoms with E-state index in [1.54, 1.807) is 29.2 Å². The van der Waals surface area contributed by atoms with E-state index < -0.39 is 5.91 Å². The average Bonchev–Trinajstić information content (AvgIpc) is 3.07. The molecule has 2 fully saturated rings. The lowest BCUT2D eigenvalue weighted by molar-refractivity contribution is -0.132. The third-order valence-electron chi connectivity index (χ3n) is 5.56. The van der Waals surface area contributed by atoms with Gasteiger partial charge in [0.25, 0.3) is 11.8 Å². The maximum atomic E-state index is 13.0. The summed E-state index contributed by atoms with van der Waals surface area (Å²) in [5, 5.41) is 0. The molecule has 0 unspecified atom stereocenters. The van der Waals surface area contributed by atoms with E-state index in [0.717, 1.165) is 19.3 Å². The minimum Gasteiger partial charge on any atom is -0.483 e. The number of rotatable bonds is 6. The summed E-state index contributed by atoms with van der Waals surface area (Å²) in [7, 11) is 0. The molecule has 1 heterocycles. The van der Waals surface area contributed by atoms with Gasteiger partial charge in [-0.15, -0.1) is 0 Å². The van der Waals surface area contributed by atoms with Crippen molar-refractivity contribution in [2.24, 2.45) is 11.7 Å². The molecular weight excluding hydrogens is 358 g/mol. The lowest BCUT2D eigenvalue weighted by Crippen LogP contribution is -2.38. The number of carbonyl (C=O) groups is 3. The Balaban J connectivity index is 1.60. The summed E-state index contributed by atoms with van der Waals surface area (Å²) < 4.78 is 5.39.